The molecule has 112 valence electrons. The van der Waals surface area contributed by atoms with E-state index in [1.165, 1.54) is 5.56 Å². The predicted molar refractivity (Wildman–Crippen MR) is 84.9 cm³/mol. The highest BCUT2D eigenvalue weighted by atomic mass is 79.9. The van der Waals surface area contributed by atoms with Gasteiger partial charge in [0.25, 0.3) is 10.2 Å². The largest absolute Gasteiger partial charge is 0.279 e. The summed E-state index contributed by atoms with van der Waals surface area (Å²) < 4.78 is 28.9. The lowest BCUT2D eigenvalue weighted by atomic mass is 10.1. The summed E-state index contributed by atoms with van der Waals surface area (Å²) >= 11 is 3.39. The molecule has 1 aliphatic heterocycles. The molecule has 1 N–H and O–H groups in total. The number of nitrogens with zero attached hydrogens (tertiary/aromatic N) is 1. The van der Waals surface area contributed by atoms with Crippen molar-refractivity contribution in [2.24, 2.45) is 0 Å². The van der Waals surface area contributed by atoms with Crippen LogP contribution in [0.4, 0.5) is 0 Å². The second-order valence-corrected chi connectivity index (χ2v) is 7.50. The maximum absolute atomic E-state index is 12.3. The number of hydrogen-bond acceptors (Lipinski definition) is 2. The van der Waals surface area contributed by atoms with Crippen LogP contribution >= 0.6 is 15.9 Å². The maximum atomic E-state index is 12.3. The summed E-state index contributed by atoms with van der Waals surface area (Å²) in [6.45, 7) is 2.94. The Bertz CT molecular complexity index is 531. The third kappa shape index (κ3) is 4.04. The van der Waals surface area contributed by atoms with Gasteiger partial charge < -0.3 is 0 Å². The van der Waals surface area contributed by atoms with Crippen LogP contribution in [0.25, 0.3) is 0 Å². The van der Waals surface area contributed by atoms with Crippen LogP contribution in [0.3, 0.4) is 0 Å². The lowest BCUT2D eigenvalue weighted by Crippen LogP contribution is -2.47. The molecule has 4 nitrogen and oxygen atoms in total. The van der Waals surface area contributed by atoms with Crippen molar-refractivity contribution in [3.05, 3.63) is 35.4 Å². The molecule has 1 fully saturated rings. The van der Waals surface area contributed by atoms with Gasteiger partial charge in [-0.1, -0.05) is 46.6 Å². The van der Waals surface area contributed by atoms with Gasteiger partial charge >= 0.3 is 0 Å². The van der Waals surface area contributed by atoms with Crippen LogP contribution in [0.2, 0.25) is 0 Å². The van der Waals surface area contributed by atoms with Gasteiger partial charge in [0.1, 0.15) is 0 Å². The Morgan fingerprint density at radius 3 is 2.50 bits per heavy atom. The van der Waals surface area contributed by atoms with E-state index in [1.807, 2.05) is 31.2 Å². The monoisotopic (exact) mass is 360 g/mol. The van der Waals surface area contributed by atoms with E-state index in [9.17, 15) is 8.42 Å². The summed E-state index contributed by atoms with van der Waals surface area (Å²) in [4.78, 5) is 0. The quantitative estimate of drug-likeness (QED) is 0.820. The van der Waals surface area contributed by atoms with Crippen molar-refractivity contribution in [3.8, 4) is 0 Å². The molecular weight excluding hydrogens is 340 g/mol. The Kier molecular flexibility index (Phi) is 5.60. The number of benzene rings is 1. The summed E-state index contributed by atoms with van der Waals surface area (Å²) in [5.74, 6) is 0. The number of alkyl halides is 1. The summed E-state index contributed by atoms with van der Waals surface area (Å²) in [6.07, 6.45) is 3.01. The minimum absolute atomic E-state index is 0.0945. The van der Waals surface area contributed by atoms with E-state index in [1.54, 1.807) is 4.31 Å². The molecule has 0 aliphatic carbocycles. The molecule has 0 spiro atoms. The van der Waals surface area contributed by atoms with E-state index in [0.29, 0.717) is 13.1 Å². The summed E-state index contributed by atoms with van der Waals surface area (Å²) in [7, 11) is -3.37. The zero-order chi connectivity index (χ0) is 14.6. The zero-order valence-corrected chi connectivity index (χ0v) is 14.1. The number of nitrogens with one attached hydrogen (secondary N) is 1. The molecule has 1 aromatic rings. The van der Waals surface area contributed by atoms with Gasteiger partial charge in [-0.15, -0.1) is 0 Å². The van der Waals surface area contributed by atoms with Gasteiger partial charge in [0, 0.05) is 24.5 Å². The average molecular weight is 361 g/mol. The first-order chi connectivity index (χ1) is 9.53. The van der Waals surface area contributed by atoms with Gasteiger partial charge in [0.15, 0.2) is 0 Å². The first kappa shape index (κ1) is 15.9. The Morgan fingerprint density at radius 1 is 1.25 bits per heavy atom. The molecule has 2 rings (SSSR count). The van der Waals surface area contributed by atoms with Crippen molar-refractivity contribution in [2.45, 2.75) is 44.1 Å². The molecule has 0 radical (unpaired) electrons. The lowest BCUT2D eigenvalue weighted by molar-refractivity contribution is 0.265. The summed E-state index contributed by atoms with van der Waals surface area (Å²) in [5, 5.41) is 0.810. The molecule has 1 unspecified atom stereocenters. The minimum atomic E-state index is -3.37. The number of piperidine rings is 1. The van der Waals surface area contributed by atoms with Crippen molar-refractivity contribution in [3.63, 3.8) is 0 Å². The van der Waals surface area contributed by atoms with Crippen molar-refractivity contribution in [1.82, 2.24) is 9.03 Å². The van der Waals surface area contributed by atoms with Gasteiger partial charge in [-0.2, -0.15) is 17.4 Å². The first-order valence-corrected chi connectivity index (χ1v) is 9.49. The van der Waals surface area contributed by atoms with Crippen molar-refractivity contribution in [1.29, 1.82) is 0 Å². The second-order valence-electron chi connectivity index (χ2n) is 5.23. The fraction of sp³-hybridized carbons (Fsp3) is 0.571. The van der Waals surface area contributed by atoms with E-state index in [4.69, 9.17) is 0 Å². The summed E-state index contributed by atoms with van der Waals surface area (Å²) in [5.41, 5.74) is 2.16. The van der Waals surface area contributed by atoms with Crippen molar-refractivity contribution < 1.29 is 8.42 Å². The Hall–Kier alpha value is -0.430. The predicted octanol–water partition coefficient (Wildman–Crippen LogP) is 2.79. The van der Waals surface area contributed by atoms with Crippen LogP contribution in [-0.4, -0.2) is 25.3 Å². The lowest BCUT2D eigenvalue weighted by Gasteiger charge is -2.32. The van der Waals surface area contributed by atoms with E-state index < -0.39 is 10.2 Å². The van der Waals surface area contributed by atoms with Crippen LogP contribution in [0.1, 0.15) is 37.3 Å². The second kappa shape index (κ2) is 7.02. The third-order valence-corrected chi connectivity index (χ3v) is 6.00. The van der Waals surface area contributed by atoms with E-state index in [0.717, 1.165) is 30.2 Å². The van der Waals surface area contributed by atoms with Crippen LogP contribution < -0.4 is 4.72 Å². The molecule has 0 aromatic heterocycles. The topological polar surface area (TPSA) is 49.4 Å². The molecule has 0 amide bonds. The van der Waals surface area contributed by atoms with E-state index >= 15 is 0 Å². The average Bonchev–Trinajstić information content (AvgIpc) is 2.46. The number of halogens is 1. The van der Waals surface area contributed by atoms with Crippen molar-refractivity contribution in [2.75, 3.05) is 6.54 Å². The number of hydrogen-bond donors (Lipinski definition) is 1. The van der Waals surface area contributed by atoms with Gasteiger partial charge in [-0.05, 0) is 30.9 Å². The molecule has 1 heterocycles. The normalized spacial score (nSPS) is 21.0. The van der Waals surface area contributed by atoms with Gasteiger partial charge in [-0.3, -0.25) is 0 Å². The molecule has 0 saturated carbocycles. The smallest absolute Gasteiger partial charge is 0.198 e. The molecule has 1 aromatic carbocycles. The fourth-order valence-corrected chi connectivity index (χ4v) is 4.27. The van der Waals surface area contributed by atoms with E-state index in [2.05, 4.69) is 20.7 Å². The number of rotatable bonds is 5. The van der Waals surface area contributed by atoms with Gasteiger partial charge in [0.05, 0.1) is 0 Å². The maximum Gasteiger partial charge on any atom is 0.279 e. The van der Waals surface area contributed by atoms with Gasteiger partial charge in [0.2, 0.25) is 0 Å². The Morgan fingerprint density at radius 2 is 1.90 bits per heavy atom. The zero-order valence-electron chi connectivity index (χ0n) is 11.7. The van der Waals surface area contributed by atoms with Crippen molar-refractivity contribution >= 4 is 26.1 Å². The highest BCUT2D eigenvalue weighted by molar-refractivity contribution is 9.08. The molecule has 0 bridgehead atoms. The molecule has 1 saturated heterocycles. The van der Waals surface area contributed by atoms with Crippen LogP contribution in [0.15, 0.2) is 24.3 Å². The van der Waals surface area contributed by atoms with Crippen LogP contribution in [-0.2, 0) is 22.1 Å². The summed E-state index contributed by atoms with van der Waals surface area (Å²) in [6, 6.07) is 8.01. The molecular formula is C14H21BrN2O2S. The van der Waals surface area contributed by atoms with E-state index in [-0.39, 0.29) is 6.04 Å². The Labute approximate surface area is 129 Å². The highest BCUT2D eigenvalue weighted by Crippen LogP contribution is 2.19. The SMILES string of the molecule is CC1CCCCN1S(=O)(=O)NCc1ccc(CBr)cc1. The highest BCUT2D eigenvalue weighted by Gasteiger charge is 2.28. The Balaban J connectivity index is 1.97. The fourth-order valence-electron chi connectivity index (χ4n) is 2.43. The standard InChI is InChI=1S/C14H21BrN2O2S/c1-12-4-2-3-9-17(12)20(18,19)16-11-14-7-5-13(10-15)6-8-14/h5-8,12,16H,2-4,9-11H2,1H3. The molecule has 20 heavy (non-hydrogen) atoms. The van der Waals surface area contributed by atoms with Crippen LogP contribution in [0.5, 0.6) is 0 Å². The third-order valence-electron chi connectivity index (χ3n) is 3.69. The minimum Gasteiger partial charge on any atom is -0.198 e. The molecule has 1 aliphatic rings. The molecule has 6 heteroatoms. The first-order valence-electron chi connectivity index (χ1n) is 6.93. The molecule has 1 atom stereocenters. The van der Waals surface area contributed by atoms with Crippen LogP contribution in [0, 0.1) is 0 Å². The van der Waals surface area contributed by atoms with Gasteiger partial charge in [-0.25, -0.2) is 0 Å².